The van der Waals surface area contributed by atoms with E-state index in [9.17, 15) is 8.42 Å². The molecular weight excluding hydrogens is 331 g/mol. The molecule has 2 aromatic rings. The average molecular weight is 345 g/mol. The minimum absolute atomic E-state index is 0.0351. The molecule has 0 spiro atoms. The van der Waals surface area contributed by atoms with Gasteiger partial charge in [-0.2, -0.15) is 0 Å². The second kappa shape index (κ2) is 6.56. The zero-order chi connectivity index (χ0) is 15.5. The molecule has 0 aliphatic heterocycles. The van der Waals surface area contributed by atoms with Gasteiger partial charge in [-0.25, -0.2) is 8.42 Å². The van der Waals surface area contributed by atoms with Gasteiger partial charge in [-0.15, -0.1) is 0 Å². The van der Waals surface area contributed by atoms with E-state index in [4.69, 9.17) is 23.2 Å². The molecule has 4 nitrogen and oxygen atoms in total. The quantitative estimate of drug-likeness (QED) is 0.839. The smallest absolute Gasteiger partial charge is 0.232 e. The summed E-state index contributed by atoms with van der Waals surface area (Å²) in [5, 5.41) is 4.21. The van der Waals surface area contributed by atoms with E-state index >= 15 is 0 Å². The summed E-state index contributed by atoms with van der Waals surface area (Å²) in [5.41, 5.74) is 2.03. The number of hydrogen-bond donors (Lipinski definition) is 2. The Labute approximate surface area is 134 Å². The van der Waals surface area contributed by atoms with Crippen molar-refractivity contribution >= 4 is 50.3 Å². The number of sulfonamides is 1. The third-order valence-corrected chi connectivity index (χ3v) is 4.60. The molecule has 0 saturated carbocycles. The summed E-state index contributed by atoms with van der Waals surface area (Å²) in [6.07, 6.45) is 0. The van der Waals surface area contributed by atoms with Crippen LogP contribution >= 0.6 is 23.2 Å². The highest BCUT2D eigenvalue weighted by Crippen LogP contribution is 2.28. The van der Waals surface area contributed by atoms with Crippen LogP contribution in [0.4, 0.5) is 17.1 Å². The Morgan fingerprint density at radius 2 is 1.62 bits per heavy atom. The van der Waals surface area contributed by atoms with Crippen molar-refractivity contribution in [3.63, 3.8) is 0 Å². The lowest BCUT2D eigenvalue weighted by Crippen LogP contribution is -2.14. The van der Waals surface area contributed by atoms with Crippen molar-refractivity contribution in [2.24, 2.45) is 0 Å². The van der Waals surface area contributed by atoms with E-state index in [-0.39, 0.29) is 5.75 Å². The van der Waals surface area contributed by atoms with E-state index in [1.54, 1.807) is 49.4 Å². The van der Waals surface area contributed by atoms with Gasteiger partial charge in [0.15, 0.2) is 0 Å². The summed E-state index contributed by atoms with van der Waals surface area (Å²) < 4.78 is 25.4. The van der Waals surface area contributed by atoms with E-state index in [2.05, 4.69) is 10.0 Å². The van der Waals surface area contributed by atoms with Crippen molar-refractivity contribution in [1.29, 1.82) is 0 Å². The van der Waals surface area contributed by atoms with Crippen LogP contribution < -0.4 is 10.0 Å². The summed E-state index contributed by atoms with van der Waals surface area (Å²) in [6, 6.07) is 12.0. The summed E-state index contributed by atoms with van der Waals surface area (Å²) >= 11 is 11.9. The maximum absolute atomic E-state index is 11.5. The Morgan fingerprint density at radius 3 is 2.19 bits per heavy atom. The van der Waals surface area contributed by atoms with Crippen LogP contribution in [0.3, 0.4) is 0 Å². The maximum Gasteiger partial charge on any atom is 0.232 e. The zero-order valence-electron chi connectivity index (χ0n) is 11.2. The van der Waals surface area contributed by atoms with Crippen LogP contribution in [0.5, 0.6) is 0 Å². The first-order valence-electron chi connectivity index (χ1n) is 6.22. The maximum atomic E-state index is 11.5. The molecule has 0 heterocycles. The average Bonchev–Trinajstić information content (AvgIpc) is 2.44. The van der Waals surface area contributed by atoms with E-state index in [1.807, 2.05) is 0 Å². The predicted molar refractivity (Wildman–Crippen MR) is 89.3 cm³/mol. The van der Waals surface area contributed by atoms with Crippen LogP contribution in [0.2, 0.25) is 10.0 Å². The molecule has 2 N–H and O–H groups in total. The fourth-order valence-corrected chi connectivity index (χ4v) is 2.71. The van der Waals surface area contributed by atoms with Crippen LogP contribution in [0, 0.1) is 0 Å². The molecular formula is C14H14Cl2N2O2S. The van der Waals surface area contributed by atoms with Gasteiger partial charge < -0.3 is 5.32 Å². The van der Waals surface area contributed by atoms with Gasteiger partial charge in [-0.1, -0.05) is 23.2 Å². The van der Waals surface area contributed by atoms with Gasteiger partial charge in [0.2, 0.25) is 10.0 Å². The third kappa shape index (κ3) is 4.52. The summed E-state index contributed by atoms with van der Waals surface area (Å²) in [6.45, 7) is 1.58. The predicted octanol–water partition coefficient (Wildman–Crippen LogP) is 4.50. The molecule has 21 heavy (non-hydrogen) atoms. The molecule has 0 aliphatic carbocycles. The Morgan fingerprint density at radius 1 is 1.00 bits per heavy atom. The van der Waals surface area contributed by atoms with Gasteiger partial charge in [0, 0.05) is 16.4 Å². The topological polar surface area (TPSA) is 58.2 Å². The molecule has 0 radical (unpaired) electrons. The van der Waals surface area contributed by atoms with Crippen LogP contribution in [-0.2, 0) is 10.0 Å². The fourth-order valence-electron chi connectivity index (χ4n) is 1.62. The second-order valence-electron chi connectivity index (χ2n) is 4.33. The minimum Gasteiger partial charge on any atom is -0.354 e. The number of anilines is 3. The summed E-state index contributed by atoms with van der Waals surface area (Å²) in [4.78, 5) is 0. The van der Waals surface area contributed by atoms with Crippen LogP contribution in [0.25, 0.3) is 0 Å². The minimum atomic E-state index is -3.26. The van der Waals surface area contributed by atoms with Gasteiger partial charge in [0.1, 0.15) is 0 Å². The molecule has 2 rings (SSSR count). The number of benzene rings is 2. The van der Waals surface area contributed by atoms with Gasteiger partial charge in [0.25, 0.3) is 0 Å². The highest BCUT2D eigenvalue weighted by Gasteiger charge is 2.06. The van der Waals surface area contributed by atoms with Crippen molar-refractivity contribution < 1.29 is 8.42 Å². The third-order valence-electron chi connectivity index (χ3n) is 2.75. The number of rotatable bonds is 5. The van der Waals surface area contributed by atoms with Gasteiger partial charge in [0.05, 0.1) is 16.5 Å². The van der Waals surface area contributed by atoms with E-state index in [0.29, 0.717) is 15.7 Å². The molecule has 0 atom stereocenters. The van der Waals surface area contributed by atoms with Crippen molar-refractivity contribution in [2.45, 2.75) is 6.92 Å². The molecule has 2 aromatic carbocycles. The number of halogens is 2. The molecule has 0 saturated heterocycles. The number of nitrogens with one attached hydrogen (secondary N) is 2. The first kappa shape index (κ1) is 15.9. The SMILES string of the molecule is CCS(=O)(=O)Nc1ccc(Nc2ccc(Cl)cc2Cl)cc1. The van der Waals surface area contributed by atoms with Crippen molar-refractivity contribution in [3.8, 4) is 0 Å². The van der Waals surface area contributed by atoms with E-state index in [1.165, 1.54) is 0 Å². The van der Waals surface area contributed by atoms with Crippen LogP contribution in [0.15, 0.2) is 42.5 Å². The Kier molecular flexibility index (Phi) is 4.98. The van der Waals surface area contributed by atoms with E-state index in [0.717, 1.165) is 11.4 Å². The van der Waals surface area contributed by atoms with Crippen LogP contribution in [-0.4, -0.2) is 14.2 Å². The molecule has 0 aliphatic rings. The van der Waals surface area contributed by atoms with Gasteiger partial charge >= 0.3 is 0 Å². The molecule has 0 amide bonds. The van der Waals surface area contributed by atoms with Crippen LogP contribution in [0.1, 0.15) is 6.92 Å². The molecule has 0 aromatic heterocycles. The first-order chi connectivity index (χ1) is 9.89. The Hall–Kier alpha value is -1.43. The largest absolute Gasteiger partial charge is 0.354 e. The molecule has 7 heteroatoms. The normalized spacial score (nSPS) is 11.2. The fraction of sp³-hybridized carbons (Fsp3) is 0.143. The monoisotopic (exact) mass is 344 g/mol. The standard InChI is InChI=1S/C14H14Cl2N2O2S/c1-2-21(19,20)18-12-6-4-11(5-7-12)17-14-8-3-10(15)9-13(14)16/h3-9,17-18H,2H2,1H3. The van der Waals surface area contributed by atoms with Crippen molar-refractivity contribution in [1.82, 2.24) is 0 Å². The lowest BCUT2D eigenvalue weighted by Gasteiger charge is -2.10. The van der Waals surface area contributed by atoms with E-state index < -0.39 is 10.0 Å². The van der Waals surface area contributed by atoms with Gasteiger partial charge in [-0.3, -0.25) is 4.72 Å². The Bertz CT molecular complexity index is 731. The Balaban J connectivity index is 2.12. The summed E-state index contributed by atoms with van der Waals surface area (Å²) in [5.74, 6) is 0.0351. The lowest BCUT2D eigenvalue weighted by molar-refractivity contribution is 0.602. The first-order valence-corrected chi connectivity index (χ1v) is 8.63. The molecule has 0 fully saturated rings. The molecule has 0 unspecified atom stereocenters. The van der Waals surface area contributed by atoms with Crippen molar-refractivity contribution in [3.05, 3.63) is 52.5 Å². The highest BCUT2D eigenvalue weighted by atomic mass is 35.5. The lowest BCUT2D eigenvalue weighted by atomic mass is 10.2. The van der Waals surface area contributed by atoms with Gasteiger partial charge in [-0.05, 0) is 49.4 Å². The second-order valence-corrected chi connectivity index (χ2v) is 7.19. The highest BCUT2D eigenvalue weighted by molar-refractivity contribution is 7.92. The molecule has 0 bridgehead atoms. The summed E-state index contributed by atoms with van der Waals surface area (Å²) in [7, 11) is -3.26. The molecule has 112 valence electrons. The zero-order valence-corrected chi connectivity index (χ0v) is 13.6. The van der Waals surface area contributed by atoms with Crippen molar-refractivity contribution in [2.75, 3.05) is 15.8 Å². The number of hydrogen-bond acceptors (Lipinski definition) is 3.